The molecule has 5 aromatic rings. The maximum atomic E-state index is 6.54. The lowest BCUT2D eigenvalue weighted by Gasteiger charge is -2.33. The van der Waals surface area contributed by atoms with E-state index in [4.69, 9.17) is 9.47 Å². The van der Waals surface area contributed by atoms with Gasteiger partial charge >= 0.3 is 0 Å². The maximum Gasteiger partial charge on any atom is 0.260 e. The fourth-order valence-corrected chi connectivity index (χ4v) is 6.10. The summed E-state index contributed by atoms with van der Waals surface area (Å²) in [6.45, 7) is 0.108. The number of hydrogen-bond acceptors (Lipinski definition) is 2. The van der Waals surface area contributed by atoms with Crippen molar-refractivity contribution in [2.45, 2.75) is 5.92 Å². The zero-order chi connectivity index (χ0) is 22.2. The Bertz CT molecular complexity index is 1520. The summed E-state index contributed by atoms with van der Waals surface area (Å²) in [6, 6.07) is 38.7. The van der Waals surface area contributed by atoms with Gasteiger partial charge in [0.25, 0.3) is 6.71 Å². The van der Waals surface area contributed by atoms with Crippen LogP contribution in [0.1, 0.15) is 22.6 Å². The Morgan fingerprint density at radius 3 is 1.53 bits per heavy atom. The third kappa shape index (κ3) is 2.36. The molecule has 5 aromatic carbocycles. The molecule has 0 unspecified atom stereocenters. The summed E-state index contributed by atoms with van der Waals surface area (Å²) in [6.07, 6.45) is 0. The van der Waals surface area contributed by atoms with Crippen LogP contribution in [0.15, 0.2) is 109 Å². The van der Waals surface area contributed by atoms with Gasteiger partial charge in [-0.05, 0) is 63.0 Å². The van der Waals surface area contributed by atoms with Crippen molar-refractivity contribution in [3.05, 3.63) is 126 Å². The van der Waals surface area contributed by atoms with E-state index < -0.39 is 0 Å². The Kier molecular flexibility index (Phi) is 3.56. The third-order valence-corrected chi connectivity index (χ3v) is 7.48. The lowest BCUT2D eigenvalue weighted by molar-refractivity contribution is 0.463. The second kappa shape index (κ2) is 6.65. The highest BCUT2D eigenvalue weighted by atomic mass is 16.5. The van der Waals surface area contributed by atoms with Gasteiger partial charge in [-0.2, -0.15) is 0 Å². The second-order valence-electron chi connectivity index (χ2n) is 9.25. The quantitative estimate of drug-likeness (QED) is 0.315. The predicted octanol–water partition coefficient (Wildman–Crippen LogP) is 5.57. The van der Waals surface area contributed by atoms with Gasteiger partial charge in [-0.1, -0.05) is 84.9 Å². The molecule has 0 N–H and O–H groups in total. The van der Waals surface area contributed by atoms with Crippen molar-refractivity contribution in [3.8, 4) is 34.1 Å². The Balaban J connectivity index is 1.39. The molecule has 2 heterocycles. The van der Waals surface area contributed by atoms with Crippen molar-refractivity contribution < 1.29 is 9.47 Å². The molecule has 1 aliphatic carbocycles. The topological polar surface area (TPSA) is 18.5 Å². The van der Waals surface area contributed by atoms with Crippen LogP contribution in [-0.2, 0) is 0 Å². The third-order valence-electron chi connectivity index (χ3n) is 7.48. The summed E-state index contributed by atoms with van der Waals surface area (Å²) < 4.78 is 13.1. The summed E-state index contributed by atoms with van der Waals surface area (Å²) in [7, 11) is 0. The molecular formula is C31H19BO2. The minimum atomic E-state index is 0.108. The first-order valence-corrected chi connectivity index (χ1v) is 11.8. The molecule has 0 saturated carbocycles. The number of fused-ring (bicyclic) bond motifs is 7. The molecular weight excluding hydrogens is 415 g/mol. The van der Waals surface area contributed by atoms with Crippen LogP contribution in [0.2, 0.25) is 0 Å². The summed E-state index contributed by atoms with van der Waals surface area (Å²) >= 11 is 0. The van der Waals surface area contributed by atoms with E-state index in [-0.39, 0.29) is 12.6 Å². The number of ether oxygens (including phenoxy) is 2. The van der Waals surface area contributed by atoms with Gasteiger partial charge in [-0.3, -0.25) is 0 Å². The van der Waals surface area contributed by atoms with Crippen molar-refractivity contribution >= 4 is 23.1 Å². The van der Waals surface area contributed by atoms with Gasteiger partial charge in [0.15, 0.2) is 0 Å². The first-order valence-electron chi connectivity index (χ1n) is 11.8. The largest absolute Gasteiger partial charge is 0.458 e. The van der Waals surface area contributed by atoms with Crippen LogP contribution in [0.25, 0.3) is 11.1 Å². The zero-order valence-corrected chi connectivity index (χ0v) is 18.4. The smallest absolute Gasteiger partial charge is 0.260 e. The molecule has 0 atom stereocenters. The van der Waals surface area contributed by atoms with Crippen LogP contribution in [-0.4, -0.2) is 6.71 Å². The lowest BCUT2D eigenvalue weighted by atomic mass is 9.35. The van der Waals surface area contributed by atoms with E-state index in [9.17, 15) is 0 Å². The van der Waals surface area contributed by atoms with Gasteiger partial charge in [0.1, 0.15) is 23.0 Å². The number of rotatable bonds is 1. The summed E-state index contributed by atoms with van der Waals surface area (Å²) in [4.78, 5) is 0. The molecule has 2 nitrogen and oxygen atoms in total. The Morgan fingerprint density at radius 2 is 0.971 bits per heavy atom. The molecule has 158 valence electrons. The van der Waals surface area contributed by atoms with Crippen molar-refractivity contribution in [2.75, 3.05) is 0 Å². The number of benzene rings is 5. The molecule has 0 fully saturated rings. The van der Waals surface area contributed by atoms with Crippen molar-refractivity contribution in [2.24, 2.45) is 0 Å². The SMILES string of the molecule is c1ccc2c(c1)Oc1cc(C3c4ccccc4-c4ccccc43)cc3c1B2c1ccccc1O3. The van der Waals surface area contributed by atoms with Gasteiger partial charge < -0.3 is 9.47 Å². The Labute approximate surface area is 198 Å². The average molecular weight is 434 g/mol. The molecule has 34 heavy (non-hydrogen) atoms. The van der Waals surface area contributed by atoms with Crippen LogP contribution in [0.4, 0.5) is 0 Å². The lowest BCUT2D eigenvalue weighted by Crippen LogP contribution is -2.57. The van der Waals surface area contributed by atoms with Crippen molar-refractivity contribution in [3.63, 3.8) is 0 Å². The zero-order valence-electron chi connectivity index (χ0n) is 18.4. The van der Waals surface area contributed by atoms with Gasteiger partial charge in [-0.15, -0.1) is 0 Å². The molecule has 0 saturated heterocycles. The molecule has 3 heteroatoms. The fourth-order valence-electron chi connectivity index (χ4n) is 6.10. The van der Waals surface area contributed by atoms with Crippen LogP contribution >= 0.6 is 0 Å². The molecule has 0 radical (unpaired) electrons. The predicted molar refractivity (Wildman–Crippen MR) is 137 cm³/mol. The van der Waals surface area contributed by atoms with Gasteiger partial charge in [0.05, 0.1) is 0 Å². The molecule has 8 rings (SSSR count). The van der Waals surface area contributed by atoms with E-state index in [1.165, 1.54) is 38.7 Å². The van der Waals surface area contributed by atoms with Crippen LogP contribution in [0.3, 0.4) is 0 Å². The van der Waals surface area contributed by atoms with E-state index in [1.54, 1.807) is 0 Å². The average Bonchev–Trinajstić information content (AvgIpc) is 3.23. The highest BCUT2D eigenvalue weighted by molar-refractivity contribution is 6.98. The van der Waals surface area contributed by atoms with E-state index in [2.05, 4.69) is 97.1 Å². The highest BCUT2D eigenvalue weighted by Gasteiger charge is 2.41. The van der Waals surface area contributed by atoms with Crippen molar-refractivity contribution in [1.82, 2.24) is 0 Å². The monoisotopic (exact) mass is 434 g/mol. The van der Waals surface area contributed by atoms with Gasteiger partial charge in [0.2, 0.25) is 0 Å². The van der Waals surface area contributed by atoms with E-state index in [0.717, 1.165) is 28.5 Å². The fraction of sp³-hybridized carbons (Fsp3) is 0.0323. The van der Waals surface area contributed by atoms with Crippen LogP contribution in [0, 0.1) is 0 Å². The Morgan fingerprint density at radius 1 is 0.500 bits per heavy atom. The molecule has 0 bridgehead atoms. The number of hydrogen-bond donors (Lipinski definition) is 0. The van der Waals surface area contributed by atoms with Crippen LogP contribution in [0.5, 0.6) is 23.0 Å². The molecule has 0 amide bonds. The highest BCUT2D eigenvalue weighted by Crippen LogP contribution is 2.49. The van der Waals surface area contributed by atoms with Gasteiger partial charge in [0, 0.05) is 11.4 Å². The van der Waals surface area contributed by atoms with E-state index in [0.29, 0.717) is 0 Å². The van der Waals surface area contributed by atoms with Crippen LogP contribution < -0.4 is 25.9 Å². The van der Waals surface area contributed by atoms with Gasteiger partial charge in [-0.25, -0.2) is 0 Å². The first-order chi connectivity index (χ1) is 16.9. The minimum absolute atomic E-state index is 0.108. The molecule has 0 spiro atoms. The summed E-state index contributed by atoms with van der Waals surface area (Å²) in [5.74, 6) is 3.79. The molecule has 3 aliphatic rings. The molecule has 2 aliphatic heterocycles. The minimum Gasteiger partial charge on any atom is -0.458 e. The van der Waals surface area contributed by atoms with E-state index in [1.807, 2.05) is 12.1 Å². The second-order valence-corrected chi connectivity index (χ2v) is 9.25. The first kappa shape index (κ1) is 18.2. The maximum absolute atomic E-state index is 6.54. The standard InChI is InChI=1S/C31H19BO2/c1-3-11-22-20(9-1)21-10-2-4-12-23(21)30(22)19-17-28-31-29(18-19)34-27-16-8-6-14-25(27)32(31)24-13-5-7-15-26(24)33-28/h1-18,30H. The Hall–Kier alpha value is -4.24. The number of para-hydroxylation sites is 2. The van der Waals surface area contributed by atoms with Crippen molar-refractivity contribution in [1.29, 1.82) is 0 Å². The van der Waals surface area contributed by atoms with E-state index >= 15 is 0 Å². The summed E-state index contributed by atoms with van der Waals surface area (Å²) in [5, 5.41) is 0. The molecule has 0 aromatic heterocycles. The summed E-state index contributed by atoms with van der Waals surface area (Å²) in [5.41, 5.74) is 9.99. The normalized spacial score (nSPS) is 14.2.